The summed E-state index contributed by atoms with van der Waals surface area (Å²) in [6.45, 7) is 8.52. The van der Waals surface area contributed by atoms with Crippen molar-refractivity contribution in [1.82, 2.24) is 0 Å². The molecule has 2 N–H and O–H groups in total. The van der Waals surface area contributed by atoms with Crippen molar-refractivity contribution in [2.45, 2.75) is 33.6 Å². The maximum atomic E-state index is 9.88. The van der Waals surface area contributed by atoms with Crippen LogP contribution in [0.3, 0.4) is 0 Å². The van der Waals surface area contributed by atoms with Gasteiger partial charge in [-0.05, 0) is 19.8 Å². The van der Waals surface area contributed by atoms with Crippen molar-refractivity contribution in [3.63, 3.8) is 0 Å². The second kappa shape index (κ2) is 5.66. The Labute approximate surface area is 102 Å². The van der Waals surface area contributed by atoms with Gasteiger partial charge in [-0.3, -0.25) is 0 Å². The highest BCUT2D eigenvalue weighted by molar-refractivity contribution is 5.61. The summed E-state index contributed by atoms with van der Waals surface area (Å²) in [5.74, 6) is 0.698. The predicted molar refractivity (Wildman–Crippen MR) is 66.2 cm³/mol. The smallest absolute Gasteiger partial charge is 0.168 e. The summed E-state index contributed by atoms with van der Waals surface area (Å²) >= 11 is 0. The Kier molecular flexibility index (Phi) is 4.49. The van der Waals surface area contributed by atoms with Gasteiger partial charge in [0.15, 0.2) is 23.0 Å². The van der Waals surface area contributed by atoms with Crippen molar-refractivity contribution in [2.24, 2.45) is 0 Å². The first-order valence-corrected chi connectivity index (χ1v) is 5.87. The van der Waals surface area contributed by atoms with Crippen molar-refractivity contribution in [3.05, 3.63) is 11.6 Å². The lowest BCUT2D eigenvalue weighted by Gasteiger charge is -2.19. The van der Waals surface area contributed by atoms with Gasteiger partial charge in [0.25, 0.3) is 0 Å². The van der Waals surface area contributed by atoms with E-state index in [1.807, 2.05) is 27.7 Å². The fraction of sp³-hybridized carbons (Fsp3) is 0.538. The average molecular weight is 240 g/mol. The number of ether oxygens (including phenoxy) is 2. The van der Waals surface area contributed by atoms with Gasteiger partial charge in [0.2, 0.25) is 0 Å². The van der Waals surface area contributed by atoms with E-state index in [0.29, 0.717) is 30.3 Å². The van der Waals surface area contributed by atoms with Gasteiger partial charge in [-0.15, -0.1) is 0 Å². The summed E-state index contributed by atoms with van der Waals surface area (Å²) in [5, 5.41) is 19.5. The van der Waals surface area contributed by atoms with Crippen LogP contribution in [0.1, 0.15) is 39.2 Å². The first kappa shape index (κ1) is 13.5. The van der Waals surface area contributed by atoms with Crippen LogP contribution in [0.15, 0.2) is 6.07 Å². The molecule has 0 bridgehead atoms. The summed E-state index contributed by atoms with van der Waals surface area (Å²) in [4.78, 5) is 0. The summed E-state index contributed by atoms with van der Waals surface area (Å²) in [6, 6.07) is 1.38. The molecule has 1 rings (SSSR count). The van der Waals surface area contributed by atoms with Gasteiger partial charge in [-0.1, -0.05) is 13.8 Å². The molecular weight excluding hydrogens is 220 g/mol. The number of phenolic OH excluding ortho intramolecular Hbond substituents is 2. The highest BCUT2D eigenvalue weighted by atomic mass is 16.5. The minimum absolute atomic E-state index is 0.0304. The average Bonchev–Trinajstić information content (AvgIpc) is 2.25. The molecule has 0 aromatic heterocycles. The van der Waals surface area contributed by atoms with Crippen molar-refractivity contribution in [1.29, 1.82) is 0 Å². The molecule has 0 aliphatic heterocycles. The molecule has 17 heavy (non-hydrogen) atoms. The Morgan fingerprint density at radius 3 is 2.18 bits per heavy atom. The molecule has 0 heterocycles. The van der Waals surface area contributed by atoms with Crippen LogP contribution in [0.5, 0.6) is 23.0 Å². The third-order valence-corrected chi connectivity index (χ3v) is 2.40. The van der Waals surface area contributed by atoms with Gasteiger partial charge in [0.05, 0.1) is 13.2 Å². The van der Waals surface area contributed by atoms with Crippen molar-refractivity contribution in [2.75, 3.05) is 13.2 Å². The lowest BCUT2D eigenvalue weighted by atomic mass is 9.99. The van der Waals surface area contributed by atoms with Crippen molar-refractivity contribution >= 4 is 0 Å². The maximum Gasteiger partial charge on any atom is 0.168 e. The number of aromatic hydroxyl groups is 2. The zero-order chi connectivity index (χ0) is 13.0. The Bertz CT molecular complexity index is 385. The van der Waals surface area contributed by atoms with Crippen LogP contribution < -0.4 is 9.47 Å². The lowest BCUT2D eigenvalue weighted by Crippen LogP contribution is -2.03. The molecule has 0 amide bonds. The van der Waals surface area contributed by atoms with Gasteiger partial charge in [-0.2, -0.15) is 0 Å². The fourth-order valence-corrected chi connectivity index (χ4v) is 1.73. The molecule has 0 aliphatic carbocycles. The van der Waals surface area contributed by atoms with E-state index >= 15 is 0 Å². The lowest BCUT2D eigenvalue weighted by molar-refractivity contribution is 0.278. The van der Waals surface area contributed by atoms with Gasteiger partial charge < -0.3 is 19.7 Å². The van der Waals surface area contributed by atoms with E-state index in [-0.39, 0.29) is 17.4 Å². The van der Waals surface area contributed by atoms with E-state index < -0.39 is 0 Å². The topological polar surface area (TPSA) is 58.9 Å². The highest BCUT2D eigenvalue weighted by Crippen LogP contribution is 2.46. The monoisotopic (exact) mass is 240 g/mol. The number of hydrogen-bond donors (Lipinski definition) is 2. The third kappa shape index (κ3) is 2.75. The number of phenols is 2. The second-order valence-electron chi connectivity index (χ2n) is 4.01. The van der Waals surface area contributed by atoms with Crippen molar-refractivity contribution < 1.29 is 19.7 Å². The number of benzene rings is 1. The van der Waals surface area contributed by atoms with E-state index in [9.17, 15) is 10.2 Å². The maximum absolute atomic E-state index is 9.88. The molecule has 0 atom stereocenters. The van der Waals surface area contributed by atoms with Crippen LogP contribution >= 0.6 is 0 Å². The molecule has 1 aromatic carbocycles. The highest BCUT2D eigenvalue weighted by Gasteiger charge is 2.21. The number of rotatable bonds is 5. The van der Waals surface area contributed by atoms with Crippen LogP contribution in [-0.2, 0) is 0 Å². The minimum atomic E-state index is -0.180. The second-order valence-corrected chi connectivity index (χ2v) is 4.01. The molecule has 0 saturated heterocycles. The SMILES string of the molecule is CCOc1cc(O)c(O)c(C(C)C)c1OCC. The standard InChI is InChI=1S/C13H20O4/c1-5-16-10-7-9(14)12(15)11(8(3)4)13(10)17-6-2/h7-8,14-15H,5-6H2,1-4H3. The molecule has 4 nitrogen and oxygen atoms in total. The van der Waals surface area contributed by atoms with Gasteiger partial charge in [0, 0.05) is 11.6 Å². The molecule has 96 valence electrons. The van der Waals surface area contributed by atoms with Crippen LogP contribution in [0.4, 0.5) is 0 Å². The third-order valence-electron chi connectivity index (χ3n) is 2.40. The summed E-state index contributed by atoms with van der Waals surface area (Å²) in [6.07, 6.45) is 0. The largest absolute Gasteiger partial charge is 0.504 e. The van der Waals surface area contributed by atoms with Crippen LogP contribution in [0, 0.1) is 0 Å². The molecule has 0 unspecified atom stereocenters. The molecular formula is C13H20O4. The van der Waals surface area contributed by atoms with Crippen molar-refractivity contribution in [3.8, 4) is 23.0 Å². The first-order valence-electron chi connectivity index (χ1n) is 5.87. The molecule has 4 heteroatoms. The molecule has 0 saturated carbocycles. The Morgan fingerprint density at radius 1 is 1.12 bits per heavy atom. The number of hydrogen-bond acceptors (Lipinski definition) is 4. The summed E-state index contributed by atoms with van der Waals surface area (Å²) < 4.78 is 10.9. The summed E-state index contributed by atoms with van der Waals surface area (Å²) in [5.41, 5.74) is 0.579. The molecule has 0 fully saturated rings. The predicted octanol–water partition coefficient (Wildman–Crippen LogP) is 3.02. The Morgan fingerprint density at radius 2 is 1.71 bits per heavy atom. The van der Waals surface area contributed by atoms with Crippen LogP contribution in [0.25, 0.3) is 0 Å². The molecule has 1 aromatic rings. The zero-order valence-corrected chi connectivity index (χ0v) is 10.8. The van der Waals surface area contributed by atoms with E-state index in [1.54, 1.807) is 0 Å². The van der Waals surface area contributed by atoms with E-state index in [2.05, 4.69) is 0 Å². The first-order chi connectivity index (χ1) is 8.02. The van der Waals surface area contributed by atoms with E-state index in [4.69, 9.17) is 9.47 Å². The minimum Gasteiger partial charge on any atom is -0.504 e. The molecule has 0 aliphatic rings. The van der Waals surface area contributed by atoms with Gasteiger partial charge >= 0.3 is 0 Å². The molecule has 0 spiro atoms. The van der Waals surface area contributed by atoms with Gasteiger partial charge in [-0.25, -0.2) is 0 Å². The molecule has 0 radical (unpaired) electrons. The van der Waals surface area contributed by atoms with Crippen LogP contribution in [0.2, 0.25) is 0 Å². The Hall–Kier alpha value is -1.58. The van der Waals surface area contributed by atoms with E-state index in [0.717, 1.165) is 0 Å². The van der Waals surface area contributed by atoms with E-state index in [1.165, 1.54) is 6.07 Å². The summed E-state index contributed by atoms with van der Waals surface area (Å²) in [7, 11) is 0. The van der Waals surface area contributed by atoms with Crippen LogP contribution in [-0.4, -0.2) is 23.4 Å². The van der Waals surface area contributed by atoms with Gasteiger partial charge in [0.1, 0.15) is 0 Å². The zero-order valence-electron chi connectivity index (χ0n) is 10.8. The quantitative estimate of drug-likeness (QED) is 0.777. The Balaban J connectivity index is 3.40. The fourth-order valence-electron chi connectivity index (χ4n) is 1.73. The normalized spacial score (nSPS) is 10.6.